The number of nitrogens with one attached hydrogen (secondary N) is 1. The summed E-state index contributed by atoms with van der Waals surface area (Å²) >= 11 is 1.91. The topological polar surface area (TPSA) is 15.3 Å². The van der Waals surface area contributed by atoms with E-state index in [0.717, 1.165) is 13.1 Å². The zero-order chi connectivity index (χ0) is 10.3. The molecule has 80 valence electrons. The van der Waals surface area contributed by atoms with Crippen LogP contribution in [-0.2, 0) is 0 Å². The summed E-state index contributed by atoms with van der Waals surface area (Å²) < 4.78 is 0. The maximum atomic E-state index is 3.48. The number of hydrogen-bond donors (Lipinski definition) is 1. The highest BCUT2D eigenvalue weighted by atomic mass is 32.2. The van der Waals surface area contributed by atoms with Crippen molar-refractivity contribution >= 4 is 11.8 Å². The predicted octanol–water partition coefficient (Wildman–Crippen LogP) is 1.67. The quantitative estimate of drug-likeness (QED) is 0.679. The van der Waals surface area contributed by atoms with E-state index < -0.39 is 0 Å². The number of thioether (sulfide) groups is 1. The molecule has 0 spiro atoms. The Morgan fingerprint density at radius 3 is 2.46 bits per heavy atom. The van der Waals surface area contributed by atoms with Gasteiger partial charge in [-0.1, -0.05) is 6.92 Å². The second kappa shape index (κ2) is 6.68. The number of hydrogen-bond acceptors (Lipinski definition) is 3. The SMILES string of the molecule is CCNC(C)(C)CN(C)CCSC. The second-order valence-corrected chi connectivity index (χ2v) is 5.13. The Balaban J connectivity index is 3.68. The van der Waals surface area contributed by atoms with Crippen LogP contribution in [0.5, 0.6) is 0 Å². The summed E-state index contributed by atoms with van der Waals surface area (Å²) in [6, 6.07) is 0. The Bertz CT molecular complexity index is 126. The van der Waals surface area contributed by atoms with Gasteiger partial charge < -0.3 is 10.2 Å². The van der Waals surface area contributed by atoms with Gasteiger partial charge in [-0.3, -0.25) is 0 Å². The third-order valence-corrected chi connectivity index (χ3v) is 2.59. The van der Waals surface area contributed by atoms with Crippen molar-refractivity contribution < 1.29 is 0 Å². The van der Waals surface area contributed by atoms with Gasteiger partial charge in [0.2, 0.25) is 0 Å². The molecule has 0 amide bonds. The minimum absolute atomic E-state index is 0.238. The highest BCUT2D eigenvalue weighted by Crippen LogP contribution is 2.04. The van der Waals surface area contributed by atoms with Crippen LogP contribution in [0.4, 0.5) is 0 Å². The van der Waals surface area contributed by atoms with E-state index in [1.54, 1.807) is 0 Å². The first-order valence-electron chi connectivity index (χ1n) is 4.94. The van der Waals surface area contributed by atoms with Crippen LogP contribution in [0.1, 0.15) is 20.8 Å². The van der Waals surface area contributed by atoms with Crippen molar-refractivity contribution in [1.82, 2.24) is 10.2 Å². The fourth-order valence-corrected chi connectivity index (χ4v) is 2.03. The van der Waals surface area contributed by atoms with Crippen LogP contribution < -0.4 is 5.32 Å². The summed E-state index contributed by atoms with van der Waals surface area (Å²) in [6.45, 7) is 10.0. The molecule has 1 N–H and O–H groups in total. The number of rotatable bonds is 7. The molecule has 0 aliphatic carbocycles. The lowest BCUT2D eigenvalue weighted by Crippen LogP contribution is -2.48. The maximum Gasteiger partial charge on any atom is 0.0251 e. The average molecular weight is 204 g/mol. The van der Waals surface area contributed by atoms with Crippen molar-refractivity contribution in [3.8, 4) is 0 Å². The fraction of sp³-hybridized carbons (Fsp3) is 1.00. The van der Waals surface area contributed by atoms with Crippen molar-refractivity contribution in [2.75, 3.05) is 38.7 Å². The molecule has 0 aromatic heterocycles. The smallest absolute Gasteiger partial charge is 0.0251 e. The zero-order valence-electron chi connectivity index (χ0n) is 9.68. The minimum atomic E-state index is 0.238. The molecule has 0 aliphatic heterocycles. The summed E-state index contributed by atoms with van der Waals surface area (Å²) in [5.74, 6) is 1.22. The van der Waals surface area contributed by atoms with Crippen LogP contribution in [0.3, 0.4) is 0 Å². The third-order valence-electron chi connectivity index (χ3n) is 2.00. The Morgan fingerprint density at radius 1 is 1.38 bits per heavy atom. The molecule has 0 unspecified atom stereocenters. The predicted molar refractivity (Wildman–Crippen MR) is 63.6 cm³/mol. The first-order valence-corrected chi connectivity index (χ1v) is 6.33. The average Bonchev–Trinajstić information content (AvgIpc) is 1.99. The molecule has 0 aromatic rings. The monoisotopic (exact) mass is 204 g/mol. The van der Waals surface area contributed by atoms with Crippen LogP contribution in [-0.4, -0.2) is 49.1 Å². The Kier molecular flexibility index (Phi) is 6.82. The van der Waals surface area contributed by atoms with Crippen molar-refractivity contribution in [3.63, 3.8) is 0 Å². The van der Waals surface area contributed by atoms with E-state index in [1.165, 1.54) is 12.3 Å². The first kappa shape index (κ1) is 13.3. The molecule has 2 nitrogen and oxygen atoms in total. The highest BCUT2D eigenvalue weighted by Gasteiger charge is 2.17. The Labute approximate surface area is 87.5 Å². The van der Waals surface area contributed by atoms with Crippen molar-refractivity contribution in [2.45, 2.75) is 26.3 Å². The zero-order valence-corrected chi connectivity index (χ0v) is 10.5. The van der Waals surface area contributed by atoms with E-state index in [0.29, 0.717) is 0 Å². The van der Waals surface area contributed by atoms with Crippen LogP contribution in [0, 0.1) is 0 Å². The van der Waals surface area contributed by atoms with Crippen molar-refractivity contribution in [3.05, 3.63) is 0 Å². The molecule has 0 saturated heterocycles. The van der Waals surface area contributed by atoms with Crippen LogP contribution in [0.25, 0.3) is 0 Å². The van der Waals surface area contributed by atoms with Gasteiger partial charge in [0.25, 0.3) is 0 Å². The second-order valence-electron chi connectivity index (χ2n) is 4.14. The van der Waals surface area contributed by atoms with Gasteiger partial charge >= 0.3 is 0 Å². The summed E-state index contributed by atoms with van der Waals surface area (Å²) in [5, 5.41) is 3.48. The fourth-order valence-electron chi connectivity index (χ4n) is 1.54. The summed E-state index contributed by atoms with van der Waals surface area (Å²) in [5.41, 5.74) is 0.238. The molecular weight excluding hydrogens is 180 g/mol. The number of nitrogens with zero attached hydrogens (tertiary/aromatic N) is 1. The van der Waals surface area contributed by atoms with Gasteiger partial charge in [0, 0.05) is 24.4 Å². The molecule has 0 bridgehead atoms. The molecular formula is C10H24N2S. The summed E-state index contributed by atoms with van der Waals surface area (Å²) in [4.78, 5) is 2.39. The maximum absolute atomic E-state index is 3.48. The van der Waals surface area contributed by atoms with Gasteiger partial charge in [0.15, 0.2) is 0 Å². The van der Waals surface area contributed by atoms with Crippen LogP contribution in [0.15, 0.2) is 0 Å². The van der Waals surface area contributed by atoms with E-state index in [-0.39, 0.29) is 5.54 Å². The molecule has 13 heavy (non-hydrogen) atoms. The molecule has 0 aliphatic rings. The lowest BCUT2D eigenvalue weighted by atomic mass is 10.1. The van der Waals surface area contributed by atoms with Gasteiger partial charge in [0.05, 0.1) is 0 Å². The minimum Gasteiger partial charge on any atom is -0.311 e. The molecule has 0 heterocycles. The van der Waals surface area contributed by atoms with E-state index in [9.17, 15) is 0 Å². The summed E-state index contributed by atoms with van der Waals surface area (Å²) in [7, 11) is 2.19. The van der Waals surface area contributed by atoms with E-state index >= 15 is 0 Å². The van der Waals surface area contributed by atoms with Gasteiger partial charge in [-0.05, 0) is 33.7 Å². The lowest BCUT2D eigenvalue weighted by molar-refractivity contribution is 0.248. The first-order chi connectivity index (χ1) is 6.02. The standard InChI is InChI=1S/C10H24N2S/c1-6-11-10(2,3)9-12(4)7-8-13-5/h11H,6-9H2,1-5H3. The normalized spacial score (nSPS) is 12.5. The largest absolute Gasteiger partial charge is 0.311 e. The van der Waals surface area contributed by atoms with Crippen molar-refractivity contribution in [2.24, 2.45) is 0 Å². The molecule has 0 aromatic carbocycles. The van der Waals surface area contributed by atoms with Crippen LogP contribution >= 0.6 is 11.8 Å². The Hall–Kier alpha value is 0.270. The number of likely N-dealkylation sites (N-methyl/N-ethyl adjacent to an activating group) is 2. The third kappa shape index (κ3) is 7.35. The molecule has 0 fully saturated rings. The molecule has 0 radical (unpaired) electrons. The van der Waals surface area contributed by atoms with E-state index in [4.69, 9.17) is 0 Å². The molecule has 0 rings (SSSR count). The molecule has 0 saturated carbocycles. The van der Waals surface area contributed by atoms with Gasteiger partial charge in [-0.25, -0.2) is 0 Å². The molecule has 3 heteroatoms. The summed E-state index contributed by atoms with van der Waals surface area (Å²) in [6.07, 6.45) is 2.16. The highest BCUT2D eigenvalue weighted by molar-refractivity contribution is 7.98. The Morgan fingerprint density at radius 2 is 2.00 bits per heavy atom. The van der Waals surface area contributed by atoms with Gasteiger partial charge in [-0.15, -0.1) is 0 Å². The van der Waals surface area contributed by atoms with Gasteiger partial charge in [-0.2, -0.15) is 11.8 Å². The lowest BCUT2D eigenvalue weighted by Gasteiger charge is -2.31. The molecule has 0 atom stereocenters. The van der Waals surface area contributed by atoms with Crippen LogP contribution in [0.2, 0.25) is 0 Å². The van der Waals surface area contributed by atoms with E-state index in [1.807, 2.05) is 11.8 Å². The van der Waals surface area contributed by atoms with Crippen molar-refractivity contribution in [1.29, 1.82) is 0 Å². The van der Waals surface area contributed by atoms with Gasteiger partial charge in [0.1, 0.15) is 0 Å². The van der Waals surface area contributed by atoms with E-state index in [2.05, 4.69) is 44.3 Å².